The molecule has 0 bridgehead atoms. The number of aliphatic hydroxyl groups excluding tert-OH is 1. The van der Waals surface area contributed by atoms with Crippen molar-refractivity contribution in [3.05, 3.63) is 72.9 Å². The van der Waals surface area contributed by atoms with Crippen LogP contribution in [-0.2, 0) is 23.9 Å². The van der Waals surface area contributed by atoms with E-state index in [2.05, 4.69) is 91.3 Å². The van der Waals surface area contributed by atoms with Crippen molar-refractivity contribution in [1.82, 2.24) is 10.6 Å². The van der Waals surface area contributed by atoms with E-state index in [0.29, 0.717) is 12.8 Å². The molecule has 0 fully saturated rings. The number of aliphatic hydroxyl groups is 1. The number of carbonyl (C=O) groups is 4. The Morgan fingerprint density at radius 3 is 1.53 bits per heavy atom. The van der Waals surface area contributed by atoms with Crippen molar-refractivity contribution in [2.45, 2.75) is 212 Å². The van der Waals surface area contributed by atoms with Crippen LogP contribution in [0.4, 0.5) is 0 Å². The Bertz CT molecular complexity index is 1240. The van der Waals surface area contributed by atoms with Gasteiger partial charge in [-0.1, -0.05) is 171 Å². The van der Waals surface area contributed by atoms with E-state index < -0.39 is 24.5 Å². The van der Waals surface area contributed by atoms with E-state index in [1.165, 1.54) is 83.5 Å². The molecule has 0 heterocycles. The summed E-state index contributed by atoms with van der Waals surface area (Å²) in [5.41, 5.74) is 0. The molecule has 9 nitrogen and oxygen atoms in total. The third-order valence-electron chi connectivity index (χ3n) is 10.2. The molecule has 2 atom stereocenters. The first-order chi connectivity index (χ1) is 29.3. The zero-order chi connectivity index (χ0) is 44.0. The minimum absolute atomic E-state index is 0.125. The van der Waals surface area contributed by atoms with Gasteiger partial charge in [0, 0.05) is 12.8 Å². The molecular weight excluding hydrogens is 753 g/mol. The number of esters is 1. The molecule has 0 aliphatic rings. The fourth-order valence-electron chi connectivity index (χ4n) is 6.54. The van der Waals surface area contributed by atoms with Crippen molar-refractivity contribution < 1.29 is 34.1 Å². The summed E-state index contributed by atoms with van der Waals surface area (Å²) in [5, 5.41) is 22.6. The lowest BCUT2D eigenvalue weighted by Crippen LogP contribution is -2.47. The van der Waals surface area contributed by atoms with Crippen LogP contribution in [0.3, 0.4) is 0 Å². The number of rotatable bonds is 42. The van der Waals surface area contributed by atoms with E-state index in [9.17, 15) is 19.2 Å². The first-order valence-electron chi connectivity index (χ1n) is 23.8. The molecule has 0 rings (SSSR count). The van der Waals surface area contributed by atoms with Gasteiger partial charge in [0.25, 0.3) is 0 Å². The molecule has 0 aliphatic carbocycles. The van der Waals surface area contributed by atoms with Crippen LogP contribution >= 0.6 is 0 Å². The summed E-state index contributed by atoms with van der Waals surface area (Å²) in [7, 11) is 0. The van der Waals surface area contributed by atoms with Crippen LogP contribution in [0.1, 0.15) is 200 Å². The number of allylic oxidation sites excluding steroid dienone is 11. The number of hydrogen-bond donors (Lipinski definition) is 4. The van der Waals surface area contributed by atoms with E-state index in [1.54, 1.807) is 0 Å². The molecule has 0 aliphatic heterocycles. The van der Waals surface area contributed by atoms with E-state index in [1.807, 2.05) is 6.08 Å². The number of aliphatic carboxylic acids is 1. The third kappa shape index (κ3) is 41.0. The van der Waals surface area contributed by atoms with Gasteiger partial charge in [0.15, 0.2) is 0 Å². The summed E-state index contributed by atoms with van der Waals surface area (Å²) in [5.74, 6) is -2.41. The van der Waals surface area contributed by atoms with Crippen molar-refractivity contribution >= 4 is 23.8 Å². The monoisotopic (exact) mass is 839 g/mol. The molecule has 0 saturated carbocycles. The Morgan fingerprint density at radius 2 is 1.00 bits per heavy atom. The van der Waals surface area contributed by atoms with E-state index in [0.717, 1.165) is 83.5 Å². The second-order valence-electron chi connectivity index (χ2n) is 15.8. The maximum atomic E-state index is 12.8. The van der Waals surface area contributed by atoms with Gasteiger partial charge >= 0.3 is 11.9 Å². The van der Waals surface area contributed by atoms with Crippen LogP contribution in [-0.4, -0.2) is 59.3 Å². The molecule has 0 saturated heterocycles. The predicted octanol–water partition coefficient (Wildman–Crippen LogP) is 12.3. The Kier molecular flexibility index (Phi) is 42.0. The molecule has 2 unspecified atom stereocenters. The van der Waals surface area contributed by atoms with Gasteiger partial charge in [0.05, 0.1) is 13.2 Å². The lowest BCUT2D eigenvalue weighted by molar-refractivity contribution is -0.147. The average Bonchev–Trinajstić information content (AvgIpc) is 3.23. The highest BCUT2D eigenvalue weighted by atomic mass is 16.5. The average molecular weight is 839 g/mol. The van der Waals surface area contributed by atoms with Crippen LogP contribution < -0.4 is 10.6 Å². The molecule has 0 spiro atoms. The van der Waals surface area contributed by atoms with Gasteiger partial charge in [-0.2, -0.15) is 0 Å². The summed E-state index contributed by atoms with van der Waals surface area (Å²) >= 11 is 0. The second kappa shape index (κ2) is 44.8. The molecule has 0 aromatic rings. The Morgan fingerprint density at radius 1 is 0.533 bits per heavy atom. The minimum Gasteiger partial charge on any atom is -0.480 e. The molecular formula is C51H86N2O7. The summed E-state index contributed by atoms with van der Waals surface area (Å²) in [6.07, 6.45) is 56.7. The number of hydrogen-bond acceptors (Lipinski definition) is 6. The standard InChI is InChI=1S/C51H86N2O7/c1-3-5-7-9-11-13-15-16-17-18-19-20-21-22-23-24-26-28-30-35-39-43-50(57)60-46(40-36-32-29-27-25-14-12-10-8-6-4-2)41-37-33-31-34-38-42-48(55)52-44-49(56)53-47(45-54)51(58)59/h6,8,12,14-16,18-19,27,29,36,40,46-47,54H,3-5,7,9-11,13,17,20-26,28,30-35,37-39,41-45H2,1-2H3,(H,52,55)(H,53,56)(H,58,59)/b8-6-,14-12-,16-15-,19-18-,29-27-,40-36-. The molecule has 2 amide bonds. The van der Waals surface area contributed by atoms with E-state index >= 15 is 0 Å². The zero-order valence-corrected chi connectivity index (χ0v) is 37.9. The maximum Gasteiger partial charge on any atom is 0.328 e. The summed E-state index contributed by atoms with van der Waals surface area (Å²) in [4.78, 5) is 47.6. The Hall–Kier alpha value is -3.72. The van der Waals surface area contributed by atoms with Gasteiger partial charge in [-0.25, -0.2) is 4.79 Å². The van der Waals surface area contributed by atoms with Crippen molar-refractivity contribution in [1.29, 1.82) is 0 Å². The van der Waals surface area contributed by atoms with Gasteiger partial charge in [-0.3, -0.25) is 14.4 Å². The van der Waals surface area contributed by atoms with Crippen molar-refractivity contribution in [3.8, 4) is 0 Å². The highest BCUT2D eigenvalue weighted by Crippen LogP contribution is 2.16. The van der Waals surface area contributed by atoms with Gasteiger partial charge in [0.1, 0.15) is 12.1 Å². The van der Waals surface area contributed by atoms with Crippen molar-refractivity contribution in [2.24, 2.45) is 0 Å². The topological polar surface area (TPSA) is 142 Å². The van der Waals surface area contributed by atoms with Gasteiger partial charge in [-0.15, -0.1) is 0 Å². The second-order valence-corrected chi connectivity index (χ2v) is 15.8. The molecule has 60 heavy (non-hydrogen) atoms. The van der Waals surface area contributed by atoms with Gasteiger partial charge in [-0.05, 0) is 89.5 Å². The molecule has 4 N–H and O–H groups in total. The summed E-state index contributed by atoms with van der Waals surface area (Å²) in [6, 6.07) is -1.39. The number of nitrogens with one attached hydrogen (secondary N) is 2. The van der Waals surface area contributed by atoms with E-state index in [-0.39, 0.29) is 30.9 Å². The van der Waals surface area contributed by atoms with Crippen molar-refractivity contribution in [2.75, 3.05) is 13.2 Å². The van der Waals surface area contributed by atoms with Crippen LogP contribution in [0.2, 0.25) is 0 Å². The van der Waals surface area contributed by atoms with Crippen LogP contribution in [0.25, 0.3) is 0 Å². The first-order valence-corrected chi connectivity index (χ1v) is 23.8. The molecule has 0 radical (unpaired) electrons. The van der Waals surface area contributed by atoms with Crippen LogP contribution in [0, 0.1) is 0 Å². The van der Waals surface area contributed by atoms with E-state index in [4.69, 9.17) is 14.9 Å². The van der Waals surface area contributed by atoms with Gasteiger partial charge in [0.2, 0.25) is 11.8 Å². The lowest BCUT2D eigenvalue weighted by Gasteiger charge is -2.15. The zero-order valence-electron chi connectivity index (χ0n) is 37.9. The fraction of sp³-hybridized carbons (Fsp3) is 0.686. The van der Waals surface area contributed by atoms with Gasteiger partial charge < -0.3 is 25.6 Å². The highest BCUT2D eigenvalue weighted by Gasteiger charge is 2.18. The van der Waals surface area contributed by atoms with Crippen molar-refractivity contribution in [3.63, 3.8) is 0 Å². The number of carboxylic acid groups (broad SMARTS) is 1. The fourth-order valence-corrected chi connectivity index (χ4v) is 6.54. The SMILES string of the molecule is CC/C=C\C/C=C\C/C=C\C/C=C\C(CCCCCCCC(=O)NCC(=O)NC(CO)C(=O)O)OC(=O)CCCCCCCCCCC/C=C\C/C=C\CCCCCCC. The third-order valence-corrected chi connectivity index (χ3v) is 10.2. The maximum absolute atomic E-state index is 12.8. The predicted molar refractivity (Wildman–Crippen MR) is 250 cm³/mol. The number of carbonyl (C=O) groups excluding carboxylic acids is 3. The Balaban J connectivity index is 4.33. The lowest BCUT2D eigenvalue weighted by atomic mass is 10.1. The Labute approximate surface area is 365 Å². The summed E-state index contributed by atoms with van der Waals surface area (Å²) in [6.45, 7) is 3.34. The summed E-state index contributed by atoms with van der Waals surface area (Å²) < 4.78 is 5.93. The minimum atomic E-state index is -1.39. The molecule has 0 aromatic heterocycles. The van der Waals surface area contributed by atoms with Crippen LogP contribution in [0.5, 0.6) is 0 Å². The molecule has 342 valence electrons. The molecule has 9 heteroatoms. The smallest absolute Gasteiger partial charge is 0.328 e. The normalized spacial score (nSPS) is 13.1. The largest absolute Gasteiger partial charge is 0.480 e. The number of ether oxygens (including phenoxy) is 1. The highest BCUT2D eigenvalue weighted by molar-refractivity contribution is 5.87. The number of carboxylic acids is 1. The number of unbranched alkanes of at least 4 members (excludes halogenated alkanes) is 18. The van der Waals surface area contributed by atoms with Crippen LogP contribution in [0.15, 0.2) is 72.9 Å². The quantitative estimate of drug-likeness (QED) is 0.0272. The molecule has 0 aromatic carbocycles. The number of amides is 2. The first kappa shape index (κ1) is 56.3.